The molecule has 0 radical (unpaired) electrons. The first-order valence-corrected chi connectivity index (χ1v) is 11.2. The predicted octanol–water partition coefficient (Wildman–Crippen LogP) is 4.60. The predicted molar refractivity (Wildman–Crippen MR) is 121 cm³/mol. The third-order valence-electron chi connectivity index (χ3n) is 5.65. The number of nitrogens with one attached hydrogen (secondary N) is 1. The Morgan fingerprint density at radius 2 is 1.97 bits per heavy atom. The standard InChI is InChI=1S/C24H34N4O2/c1-3-4-5-6-7-14-24(29)25-19-11-10-17-28(18-19)23-16-15-21(26-27-23)20-12-8-9-13-22(20)30-2/h8-9,12-13,15-16,19H,3-7,10-11,14,17-18H2,1-2H3,(H,25,29). The van der Waals surface area contributed by atoms with E-state index in [1.807, 2.05) is 36.4 Å². The van der Waals surface area contributed by atoms with Gasteiger partial charge in [-0.05, 0) is 43.5 Å². The maximum Gasteiger partial charge on any atom is 0.220 e. The number of hydrogen-bond acceptors (Lipinski definition) is 5. The number of methoxy groups -OCH3 is 1. The maximum atomic E-state index is 12.3. The fourth-order valence-corrected chi connectivity index (χ4v) is 3.99. The molecule has 6 heteroatoms. The second-order valence-electron chi connectivity index (χ2n) is 7.99. The van der Waals surface area contributed by atoms with Gasteiger partial charge in [0.05, 0.1) is 12.8 Å². The first-order valence-electron chi connectivity index (χ1n) is 11.2. The van der Waals surface area contributed by atoms with Crippen molar-refractivity contribution in [3.05, 3.63) is 36.4 Å². The van der Waals surface area contributed by atoms with Crippen LogP contribution in [-0.4, -0.2) is 42.3 Å². The Morgan fingerprint density at radius 3 is 2.73 bits per heavy atom. The summed E-state index contributed by atoms with van der Waals surface area (Å²) in [7, 11) is 1.66. The molecule has 1 aromatic carbocycles. The lowest BCUT2D eigenvalue weighted by atomic mass is 10.0. The highest BCUT2D eigenvalue weighted by Gasteiger charge is 2.22. The van der Waals surface area contributed by atoms with E-state index < -0.39 is 0 Å². The molecule has 2 heterocycles. The number of anilines is 1. The Hall–Kier alpha value is -2.63. The van der Waals surface area contributed by atoms with Gasteiger partial charge < -0.3 is 15.0 Å². The van der Waals surface area contributed by atoms with Gasteiger partial charge in [-0.2, -0.15) is 0 Å². The zero-order valence-electron chi connectivity index (χ0n) is 18.3. The van der Waals surface area contributed by atoms with E-state index in [4.69, 9.17) is 4.74 Å². The summed E-state index contributed by atoms with van der Waals surface area (Å²) < 4.78 is 5.43. The zero-order chi connectivity index (χ0) is 21.2. The van der Waals surface area contributed by atoms with Crippen molar-refractivity contribution in [1.82, 2.24) is 15.5 Å². The molecule has 1 fully saturated rings. The minimum absolute atomic E-state index is 0.177. The van der Waals surface area contributed by atoms with Crippen molar-refractivity contribution >= 4 is 11.7 Å². The van der Waals surface area contributed by atoms with Crippen LogP contribution in [0.25, 0.3) is 11.3 Å². The number of benzene rings is 1. The van der Waals surface area contributed by atoms with Crippen molar-refractivity contribution in [1.29, 1.82) is 0 Å². The van der Waals surface area contributed by atoms with Crippen LogP contribution in [0, 0.1) is 0 Å². The number of hydrogen-bond donors (Lipinski definition) is 1. The van der Waals surface area contributed by atoms with Crippen LogP contribution >= 0.6 is 0 Å². The second kappa shape index (κ2) is 11.5. The quantitative estimate of drug-likeness (QED) is 0.580. The van der Waals surface area contributed by atoms with Crippen LogP contribution < -0.4 is 15.0 Å². The first kappa shape index (κ1) is 22.1. The molecule has 1 amide bonds. The smallest absolute Gasteiger partial charge is 0.220 e. The molecule has 6 nitrogen and oxygen atoms in total. The molecule has 1 aliphatic heterocycles. The van der Waals surface area contributed by atoms with Crippen LogP contribution in [0.4, 0.5) is 5.82 Å². The van der Waals surface area contributed by atoms with Crippen LogP contribution in [-0.2, 0) is 4.79 Å². The van der Waals surface area contributed by atoms with Gasteiger partial charge in [-0.25, -0.2) is 0 Å². The summed E-state index contributed by atoms with van der Waals surface area (Å²) in [4.78, 5) is 14.5. The topological polar surface area (TPSA) is 67.4 Å². The number of ether oxygens (including phenoxy) is 1. The fourth-order valence-electron chi connectivity index (χ4n) is 3.99. The molecule has 30 heavy (non-hydrogen) atoms. The number of unbranched alkanes of at least 4 members (excludes halogenated alkanes) is 4. The van der Waals surface area contributed by atoms with Crippen LogP contribution in [0.2, 0.25) is 0 Å². The molecule has 0 spiro atoms. The van der Waals surface area contributed by atoms with Crippen molar-refractivity contribution in [2.24, 2.45) is 0 Å². The van der Waals surface area contributed by atoms with Gasteiger partial charge in [-0.3, -0.25) is 4.79 Å². The number of nitrogens with zero attached hydrogens (tertiary/aromatic N) is 3. The largest absolute Gasteiger partial charge is 0.496 e. The summed E-state index contributed by atoms with van der Waals surface area (Å²) in [5.74, 6) is 1.82. The SMILES string of the molecule is CCCCCCCC(=O)NC1CCCN(c2ccc(-c3ccccc3OC)nn2)C1. The molecule has 0 saturated carbocycles. The Balaban J connectivity index is 1.53. The summed E-state index contributed by atoms with van der Waals surface area (Å²) in [5.41, 5.74) is 1.72. The molecule has 162 valence electrons. The molecule has 1 unspecified atom stereocenters. The van der Waals surface area contributed by atoms with Crippen molar-refractivity contribution in [2.45, 2.75) is 64.3 Å². The van der Waals surface area contributed by atoms with E-state index in [0.717, 1.165) is 61.6 Å². The average Bonchev–Trinajstić information content (AvgIpc) is 2.79. The van der Waals surface area contributed by atoms with Gasteiger partial charge in [0.15, 0.2) is 5.82 Å². The van der Waals surface area contributed by atoms with Gasteiger partial charge in [0.1, 0.15) is 5.75 Å². The highest BCUT2D eigenvalue weighted by Crippen LogP contribution is 2.28. The molecule has 1 aromatic heterocycles. The highest BCUT2D eigenvalue weighted by atomic mass is 16.5. The van der Waals surface area contributed by atoms with Crippen molar-refractivity contribution < 1.29 is 9.53 Å². The summed E-state index contributed by atoms with van der Waals surface area (Å²) >= 11 is 0. The zero-order valence-corrected chi connectivity index (χ0v) is 18.3. The summed E-state index contributed by atoms with van der Waals surface area (Å²) in [6.45, 7) is 3.92. The third kappa shape index (κ3) is 6.18. The summed E-state index contributed by atoms with van der Waals surface area (Å²) in [5, 5.41) is 12.1. The van der Waals surface area contributed by atoms with Crippen molar-refractivity contribution in [3.8, 4) is 17.0 Å². The van der Waals surface area contributed by atoms with Crippen LogP contribution in [0.1, 0.15) is 58.3 Å². The first-order chi connectivity index (χ1) is 14.7. The van der Waals surface area contributed by atoms with Crippen LogP contribution in [0.15, 0.2) is 36.4 Å². The van der Waals surface area contributed by atoms with E-state index >= 15 is 0 Å². The summed E-state index contributed by atoms with van der Waals surface area (Å²) in [6.07, 6.45) is 8.54. The summed E-state index contributed by atoms with van der Waals surface area (Å²) in [6, 6.07) is 12.0. The lowest BCUT2D eigenvalue weighted by Crippen LogP contribution is -2.48. The Kier molecular flexibility index (Phi) is 8.48. The number of piperidine rings is 1. The van der Waals surface area contributed by atoms with Gasteiger partial charge in [-0.1, -0.05) is 44.7 Å². The van der Waals surface area contributed by atoms with Gasteiger partial charge in [0.2, 0.25) is 5.91 Å². The fraction of sp³-hybridized carbons (Fsp3) is 0.542. The van der Waals surface area contributed by atoms with Gasteiger partial charge >= 0.3 is 0 Å². The van der Waals surface area contributed by atoms with E-state index in [2.05, 4.69) is 27.3 Å². The highest BCUT2D eigenvalue weighted by molar-refractivity contribution is 5.76. The molecule has 0 aliphatic carbocycles. The number of carbonyl (C=O) groups excluding carboxylic acids is 1. The Bertz CT molecular complexity index is 794. The molecule has 3 rings (SSSR count). The molecular formula is C24H34N4O2. The number of para-hydroxylation sites is 1. The number of rotatable bonds is 10. The molecule has 1 saturated heterocycles. The van der Waals surface area contributed by atoms with Gasteiger partial charge in [-0.15, -0.1) is 10.2 Å². The molecule has 0 bridgehead atoms. The van der Waals surface area contributed by atoms with Crippen molar-refractivity contribution in [2.75, 3.05) is 25.1 Å². The molecular weight excluding hydrogens is 376 g/mol. The van der Waals surface area contributed by atoms with E-state index in [1.165, 1.54) is 19.3 Å². The number of aromatic nitrogens is 2. The normalized spacial score (nSPS) is 16.3. The number of amides is 1. The lowest BCUT2D eigenvalue weighted by molar-refractivity contribution is -0.122. The third-order valence-corrected chi connectivity index (χ3v) is 5.65. The van der Waals surface area contributed by atoms with E-state index in [9.17, 15) is 4.79 Å². The number of carbonyl (C=O) groups is 1. The maximum absolute atomic E-state index is 12.3. The van der Waals surface area contributed by atoms with E-state index in [1.54, 1.807) is 7.11 Å². The van der Waals surface area contributed by atoms with Crippen molar-refractivity contribution in [3.63, 3.8) is 0 Å². The lowest BCUT2D eigenvalue weighted by Gasteiger charge is -2.33. The minimum Gasteiger partial charge on any atom is -0.496 e. The molecule has 1 N–H and O–H groups in total. The van der Waals surface area contributed by atoms with E-state index in [-0.39, 0.29) is 11.9 Å². The monoisotopic (exact) mass is 410 g/mol. The average molecular weight is 411 g/mol. The van der Waals surface area contributed by atoms with Crippen LogP contribution in [0.3, 0.4) is 0 Å². The molecule has 1 aliphatic rings. The minimum atomic E-state index is 0.177. The van der Waals surface area contributed by atoms with Gasteiger partial charge in [0.25, 0.3) is 0 Å². The second-order valence-corrected chi connectivity index (χ2v) is 7.99. The molecule has 2 aromatic rings. The van der Waals surface area contributed by atoms with Crippen LogP contribution in [0.5, 0.6) is 5.75 Å². The van der Waals surface area contributed by atoms with Gasteiger partial charge in [0, 0.05) is 31.1 Å². The molecule has 1 atom stereocenters. The Labute approximate surface area is 180 Å². The Morgan fingerprint density at radius 1 is 1.13 bits per heavy atom. The van der Waals surface area contributed by atoms with E-state index in [0.29, 0.717) is 6.42 Å².